The zero-order valence-corrected chi connectivity index (χ0v) is 5.81. The van der Waals surface area contributed by atoms with Gasteiger partial charge in [-0.05, 0) is 25.7 Å². The van der Waals surface area contributed by atoms with Crippen LogP contribution in [0.5, 0.6) is 0 Å². The Labute approximate surface area is 55.4 Å². The van der Waals surface area contributed by atoms with Crippen molar-refractivity contribution in [3.05, 3.63) is 0 Å². The number of rotatable bonds is 0. The quantitative estimate of drug-likeness (QED) is 0.481. The van der Waals surface area contributed by atoms with Crippen molar-refractivity contribution in [3.63, 3.8) is 0 Å². The van der Waals surface area contributed by atoms with E-state index < -0.39 is 0 Å². The van der Waals surface area contributed by atoms with Crippen LogP contribution in [0.2, 0.25) is 0 Å². The van der Waals surface area contributed by atoms with E-state index in [2.05, 4.69) is 6.92 Å². The van der Waals surface area contributed by atoms with Gasteiger partial charge in [0, 0.05) is 11.3 Å². The third-order valence-electron chi connectivity index (χ3n) is 3.05. The lowest BCUT2D eigenvalue weighted by Crippen LogP contribution is -2.16. The van der Waals surface area contributed by atoms with Crippen molar-refractivity contribution in [2.45, 2.75) is 32.6 Å². The maximum absolute atomic E-state index is 11.3. The number of carbonyl (C=O) groups is 1. The van der Waals surface area contributed by atoms with Gasteiger partial charge in [0.2, 0.25) is 0 Å². The molecule has 2 saturated carbocycles. The van der Waals surface area contributed by atoms with Gasteiger partial charge in [0.1, 0.15) is 5.78 Å². The summed E-state index contributed by atoms with van der Waals surface area (Å²) in [6.07, 6.45) is 4.68. The number of fused-ring (bicyclic) bond motifs is 2. The summed E-state index contributed by atoms with van der Waals surface area (Å²) in [5, 5.41) is 0. The van der Waals surface area contributed by atoms with Gasteiger partial charge in [0.25, 0.3) is 0 Å². The number of Topliss-reactive ketones (excluding diaryl/α,β-unsaturated/α-hetero) is 1. The molecule has 2 fully saturated rings. The lowest BCUT2D eigenvalue weighted by Gasteiger charge is -2.16. The molecule has 0 aliphatic heterocycles. The van der Waals surface area contributed by atoms with Crippen molar-refractivity contribution in [1.29, 1.82) is 0 Å². The van der Waals surface area contributed by atoms with Gasteiger partial charge in [-0.1, -0.05) is 6.92 Å². The number of hydrogen-bond acceptors (Lipinski definition) is 1. The molecule has 1 heteroatoms. The molecular weight excluding hydrogens is 112 g/mol. The summed E-state index contributed by atoms with van der Waals surface area (Å²) in [5.41, 5.74) is 0.130. The first-order valence-corrected chi connectivity index (χ1v) is 3.77. The first kappa shape index (κ1) is 5.45. The summed E-state index contributed by atoms with van der Waals surface area (Å²) in [6, 6.07) is 0. The van der Waals surface area contributed by atoms with E-state index in [0.29, 0.717) is 11.7 Å². The molecule has 0 amide bonds. The van der Waals surface area contributed by atoms with Gasteiger partial charge in [-0.2, -0.15) is 0 Å². The van der Waals surface area contributed by atoms with Crippen LogP contribution in [0.15, 0.2) is 0 Å². The Morgan fingerprint density at radius 3 is 2.11 bits per heavy atom. The predicted molar refractivity (Wildman–Crippen MR) is 35.1 cm³/mol. The molecule has 0 heterocycles. The van der Waals surface area contributed by atoms with Crippen molar-refractivity contribution in [1.82, 2.24) is 0 Å². The largest absolute Gasteiger partial charge is 0.299 e. The van der Waals surface area contributed by atoms with Gasteiger partial charge in [-0.25, -0.2) is 0 Å². The molecule has 0 N–H and O–H groups in total. The predicted octanol–water partition coefficient (Wildman–Crippen LogP) is 1.77. The van der Waals surface area contributed by atoms with Crippen LogP contribution in [0, 0.1) is 11.3 Å². The maximum atomic E-state index is 11.3. The van der Waals surface area contributed by atoms with Crippen LogP contribution in [0.4, 0.5) is 0 Å². The van der Waals surface area contributed by atoms with Gasteiger partial charge < -0.3 is 0 Å². The minimum absolute atomic E-state index is 0.130. The minimum Gasteiger partial charge on any atom is -0.299 e. The molecule has 0 aromatic carbocycles. The van der Waals surface area contributed by atoms with Crippen LogP contribution in [0.25, 0.3) is 0 Å². The Bertz CT molecular complexity index is 152. The van der Waals surface area contributed by atoms with Gasteiger partial charge in [0.15, 0.2) is 0 Å². The summed E-state index contributed by atoms with van der Waals surface area (Å²) in [7, 11) is 0. The first-order valence-electron chi connectivity index (χ1n) is 3.77. The van der Waals surface area contributed by atoms with E-state index in [0.717, 1.165) is 12.8 Å². The molecule has 0 radical (unpaired) electrons. The molecule has 1 nitrogen and oxygen atoms in total. The Hall–Kier alpha value is -0.330. The molecule has 2 aliphatic carbocycles. The van der Waals surface area contributed by atoms with Gasteiger partial charge in [0.05, 0.1) is 0 Å². The van der Waals surface area contributed by atoms with E-state index in [4.69, 9.17) is 0 Å². The van der Waals surface area contributed by atoms with Crippen molar-refractivity contribution < 1.29 is 4.79 Å². The Balaban J connectivity index is 2.36. The topological polar surface area (TPSA) is 17.1 Å². The van der Waals surface area contributed by atoms with E-state index in [9.17, 15) is 4.79 Å². The van der Waals surface area contributed by atoms with Crippen molar-refractivity contribution in [2.24, 2.45) is 11.3 Å². The first-order chi connectivity index (χ1) is 4.22. The molecule has 0 spiro atoms. The summed E-state index contributed by atoms with van der Waals surface area (Å²) in [5.74, 6) is 1.03. The van der Waals surface area contributed by atoms with Crippen molar-refractivity contribution in [2.75, 3.05) is 0 Å². The molecule has 0 aromatic rings. The third kappa shape index (κ3) is 0.525. The van der Waals surface area contributed by atoms with Gasteiger partial charge >= 0.3 is 0 Å². The summed E-state index contributed by atoms with van der Waals surface area (Å²) in [4.78, 5) is 11.3. The Morgan fingerprint density at radius 1 is 1.44 bits per heavy atom. The summed E-state index contributed by atoms with van der Waals surface area (Å²) >= 11 is 0. The lowest BCUT2D eigenvalue weighted by molar-refractivity contribution is -0.125. The molecule has 0 saturated heterocycles. The second-order valence-corrected chi connectivity index (χ2v) is 3.70. The fraction of sp³-hybridized carbons (Fsp3) is 0.875. The summed E-state index contributed by atoms with van der Waals surface area (Å²) < 4.78 is 0. The molecule has 9 heavy (non-hydrogen) atoms. The van der Waals surface area contributed by atoms with E-state index in [-0.39, 0.29) is 5.41 Å². The molecule has 0 aromatic heterocycles. The van der Waals surface area contributed by atoms with Crippen LogP contribution in [0.1, 0.15) is 32.6 Å². The fourth-order valence-electron chi connectivity index (χ4n) is 2.26. The summed E-state index contributed by atoms with van der Waals surface area (Å²) in [6.45, 7) is 2.13. The Kier molecular flexibility index (Phi) is 0.842. The zero-order valence-electron chi connectivity index (χ0n) is 5.81. The van der Waals surface area contributed by atoms with Crippen molar-refractivity contribution >= 4 is 5.78 Å². The molecule has 2 bridgehead atoms. The standard InChI is InChI=1S/C8H12O/c1-8-4-2-6(3-5-8)7(8)9/h6H,2-5H2,1H3. The molecule has 2 rings (SSSR count). The highest BCUT2D eigenvalue weighted by Crippen LogP contribution is 2.50. The SMILES string of the molecule is CC12CCC(CC1)C2=O. The Morgan fingerprint density at radius 2 is 2.00 bits per heavy atom. The second kappa shape index (κ2) is 1.39. The van der Waals surface area contributed by atoms with Crippen LogP contribution in [-0.4, -0.2) is 5.78 Å². The molecular formula is C8H12O. The fourth-order valence-corrected chi connectivity index (χ4v) is 2.26. The van der Waals surface area contributed by atoms with Gasteiger partial charge in [-0.15, -0.1) is 0 Å². The van der Waals surface area contributed by atoms with Crippen LogP contribution in [-0.2, 0) is 4.79 Å². The van der Waals surface area contributed by atoms with E-state index in [1.54, 1.807) is 0 Å². The minimum atomic E-state index is 0.130. The normalized spacial score (nSPS) is 48.6. The molecule has 2 aliphatic rings. The monoisotopic (exact) mass is 124 g/mol. The number of hydrogen-bond donors (Lipinski definition) is 0. The van der Waals surface area contributed by atoms with E-state index >= 15 is 0 Å². The molecule has 50 valence electrons. The average molecular weight is 124 g/mol. The highest BCUT2D eigenvalue weighted by molar-refractivity contribution is 5.90. The number of ketones is 1. The molecule has 0 atom stereocenters. The average Bonchev–Trinajstić information content (AvgIpc) is 2.24. The number of carbonyl (C=O) groups excluding carboxylic acids is 1. The lowest BCUT2D eigenvalue weighted by atomic mass is 9.86. The zero-order chi connectivity index (χ0) is 6.48. The van der Waals surface area contributed by atoms with Crippen LogP contribution >= 0.6 is 0 Å². The maximum Gasteiger partial charge on any atom is 0.141 e. The van der Waals surface area contributed by atoms with Gasteiger partial charge in [-0.3, -0.25) is 4.79 Å². The van der Waals surface area contributed by atoms with Crippen molar-refractivity contribution in [3.8, 4) is 0 Å². The van der Waals surface area contributed by atoms with E-state index in [1.165, 1.54) is 12.8 Å². The molecule has 0 unspecified atom stereocenters. The van der Waals surface area contributed by atoms with Crippen LogP contribution < -0.4 is 0 Å². The van der Waals surface area contributed by atoms with Crippen LogP contribution in [0.3, 0.4) is 0 Å². The third-order valence-corrected chi connectivity index (χ3v) is 3.05. The highest BCUT2D eigenvalue weighted by atomic mass is 16.1. The second-order valence-electron chi connectivity index (χ2n) is 3.70. The smallest absolute Gasteiger partial charge is 0.141 e. The van der Waals surface area contributed by atoms with E-state index in [1.807, 2.05) is 0 Å². The highest BCUT2D eigenvalue weighted by Gasteiger charge is 2.49.